The molecule has 37 heavy (non-hydrogen) atoms. The van der Waals surface area contributed by atoms with Gasteiger partial charge in [0.05, 0.1) is 0 Å². The Morgan fingerprint density at radius 3 is 2.14 bits per heavy atom. The Labute approximate surface area is 219 Å². The molecule has 198 valence electrons. The second kappa shape index (κ2) is 11.8. The Kier molecular flexibility index (Phi) is 8.48. The number of nitrogens with zero attached hydrogens (tertiary/aromatic N) is 2. The van der Waals surface area contributed by atoms with Crippen molar-refractivity contribution in [2.24, 2.45) is 5.73 Å². The van der Waals surface area contributed by atoms with Crippen molar-refractivity contribution < 1.29 is 14.4 Å². The number of anilines is 1. The fraction of sp³-hybridized carbons (Fsp3) is 0.483. The second-order valence-electron chi connectivity index (χ2n) is 10.6. The van der Waals surface area contributed by atoms with E-state index in [9.17, 15) is 14.4 Å². The van der Waals surface area contributed by atoms with Crippen LogP contribution >= 0.6 is 0 Å². The van der Waals surface area contributed by atoms with E-state index in [0.29, 0.717) is 36.7 Å². The molecule has 2 fully saturated rings. The molecular formula is C29H39N5O3. The largest absolute Gasteiger partial charge is 0.350 e. The zero-order chi connectivity index (χ0) is 26.5. The molecule has 1 heterocycles. The molecule has 1 saturated heterocycles. The second-order valence-corrected chi connectivity index (χ2v) is 10.6. The maximum absolute atomic E-state index is 13.7. The van der Waals surface area contributed by atoms with Crippen LogP contribution in [0.1, 0.15) is 73.4 Å². The number of nitrogens with one attached hydrogen (secondary N) is 2. The Morgan fingerprint density at radius 2 is 1.51 bits per heavy atom. The lowest BCUT2D eigenvalue weighted by molar-refractivity contribution is -0.133. The highest BCUT2D eigenvalue weighted by Gasteiger charge is 2.41. The molecule has 1 aliphatic heterocycles. The normalized spacial score (nSPS) is 22.0. The van der Waals surface area contributed by atoms with E-state index in [-0.39, 0.29) is 23.9 Å². The van der Waals surface area contributed by atoms with Crippen LogP contribution in [0.4, 0.5) is 10.5 Å². The molecule has 8 heteroatoms. The molecular weight excluding hydrogens is 466 g/mol. The van der Waals surface area contributed by atoms with Gasteiger partial charge in [-0.15, -0.1) is 0 Å². The van der Waals surface area contributed by atoms with Crippen LogP contribution in [0.5, 0.6) is 0 Å². The zero-order valence-corrected chi connectivity index (χ0v) is 22.1. The molecule has 4 rings (SSSR count). The Morgan fingerprint density at radius 1 is 0.892 bits per heavy atom. The van der Waals surface area contributed by atoms with Crippen molar-refractivity contribution in [1.29, 1.82) is 0 Å². The van der Waals surface area contributed by atoms with Gasteiger partial charge in [-0.3, -0.25) is 14.5 Å². The third-order valence-electron chi connectivity index (χ3n) is 7.39. The highest BCUT2D eigenvalue weighted by atomic mass is 16.2. The van der Waals surface area contributed by atoms with Gasteiger partial charge in [0.2, 0.25) is 0 Å². The van der Waals surface area contributed by atoms with E-state index in [1.165, 1.54) is 15.4 Å². The Hall–Kier alpha value is -3.39. The van der Waals surface area contributed by atoms with E-state index in [1.807, 2.05) is 43.3 Å². The number of hydrogen-bond acceptors (Lipinski definition) is 4. The SMILES string of the molecule is Cc1ccc(C(=O)N2CCCN(C(=O)Nc3ccc(C(C)C)cc3)C2C(=O)NC2CCC(N)CC2)cc1. The van der Waals surface area contributed by atoms with Gasteiger partial charge in [-0.25, -0.2) is 4.79 Å². The van der Waals surface area contributed by atoms with Crippen LogP contribution in [0.3, 0.4) is 0 Å². The minimum atomic E-state index is -1.03. The zero-order valence-electron chi connectivity index (χ0n) is 22.1. The number of amides is 4. The quantitative estimate of drug-likeness (QED) is 0.566. The van der Waals surface area contributed by atoms with Gasteiger partial charge in [0.25, 0.3) is 11.8 Å². The number of benzene rings is 2. The van der Waals surface area contributed by atoms with Gasteiger partial charge in [-0.2, -0.15) is 0 Å². The minimum absolute atomic E-state index is 0.0148. The first-order chi connectivity index (χ1) is 17.7. The molecule has 1 saturated carbocycles. The fourth-order valence-electron chi connectivity index (χ4n) is 5.08. The monoisotopic (exact) mass is 505 g/mol. The first-order valence-corrected chi connectivity index (χ1v) is 13.3. The summed E-state index contributed by atoms with van der Waals surface area (Å²) in [4.78, 5) is 43.7. The minimum Gasteiger partial charge on any atom is -0.350 e. The molecule has 1 atom stereocenters. The molecule has 0 radical (unpaired) electrons. The Balaban J connectivity index is 1.57. The van der Waals surface area contributed by atoms with Crippen molar-refractivity contribution in [2.45, 2.75) is 77.0 Å². The molecule has 4 amide bonds. The number of nitrogens with two attached hydrogens (primary N) is 1. The van der Waals surface area contributed by atoms with Gasteiger partial charge in [-0.05, 0) is 74.8 Å². The molecule has 2 aromatic carbocycles. The summed E-state index contributed by atoms with van der Waals surface area (Å²) in [6.07, 6.45) is 2.82. The molecule has 2 aliphatic rings. The summed E-state index contributed by atoms with van der Waals surface area (Å²) in [5, 5.41) is 6.04. The number of aryl methyl sites for hydroxylation is 1. The predicted octanol–water partition coefficient (Wildman–Crippen LogP) is 4.21. The summed E-state index contributed by atoms with van der Waals surface area (Å²) < 4.78 is 0. The molecule has 2 aromatic rings. The lowest BCUT2D eigenvalue weighted by Gasteiger charge is -2.43. The smallest absolute Gasteiger partial charge is 0.323 e. The summed E-state index contributed by atoms with van der Waals surface area (Å²) >= 11 is 0. The molecule has 1 unspecified atom stereocenters. The number of hydrogen-bond donors (Lipinski definition) is 3. The van der Waals surface area contributed by atoms with Crippen molar-refractivity contribution in [3.63, 3.8) is 0 Å². The molecule has 0 bridgehead atoms. The molecule has 8 nitrogen and oxygen atoms in total. The third kappa shape index (κ3) is 6.49. The third-order valence-corrected chi connectivity index (χ3v) is 7.39. The summed E-state index contributed by atoms with van der Waals surface area (Å²) in [5.41, 5.74) is 9.41. The van der Waals surface area contributed by atoms with Crippen molar-refractivity contribution in [3.05, 3.63) is 65.2 Å². The summed E-state index contributed by atoms with van der Waals surface area (Å²) in [6, 6.07) is 14.7. The van der Waals surface area contributed by atoms with Crippen molar-refractivity contribution in [2.75, 3.05) is 18.4 Å². The van der Waals surface area contributed by atoms with Gasteiger partial charge in [0.1, 0.15) is 0 Å². The van der Waals surface area contributed by atoms with Gasteiger partial charge in [0, 0.05) is 36.4 Å². The van der Waals surface area contributed by atoms with E-state index in [4.69, 9.17) is 5.73 Å². The highest BCUT2D eigenvalue weighted by molar-refractivity contribution is 6.00. The van der Waals surface area contributed by atoms with Crippen LogP contribution in [0.15, 0.2) is 48.5 Å². The van der Waals surface area contributed by atoms with Crippen LogP contribution in [-0.4, -0.2) is 59.0 Å². The highest BCUT2D eigenvalue weighted by Crippen LogP contribution is 2.23. The van der Waals surface area contributed by atoms with Crippen LogP contribution in [0.2, 0.25) is 0 Å². The van der Waals surface area contributed by atoms with Crippen LogP contribution in [-0.2, 0) is 4.79 Å². The van der Waals surface area contributed by atoms with Gasteiger partial charge < -0.3 is 21.3 Å². The van der Waals surface area contributed by atoms with Crippen molar-refractivity contribution >= 4 is 23.5 Å². The van der Waals surface area contributed by atoms with E-state index in [1.54, 1.807) is 12.1 Å². The van der Waals surface area contributed by atoms with E-state index < -0.39 is 12.2 Å². The number of urea groups is 1. The van der Waals surface area contributed by atoms with Crippen molar-refractivity contribution in [1.82, 2.24) is 15.1 Å². The summed E-state index contributed by atoms with van der Waals surface area (Å²) in [7, 11) is 0. The number of rotatable bonds is 5. The standard InChI is InChI=1S/C29H39N5O3/c1-19(2)21-9-13-25(14-10-21)32-29(37)34-18-4-17-33(28(36)22-7-5-20(3)6-8-22)27(34)26(35)31-24-15-11-23(30)12-16-24/h5-10,13-14,19,23-24,27H,4,11-12,15-18,30H2,1-3H3,(H,31,35)(H,32,37). The molecule has 1 aliphatic carbocycles. The Bertz CT molecular complexity index is 1090. The van der Waals surface area contributed by atoms with Crippen LogP contribution in [0.25, 0.3) is 0 Å². The van der Waals surface area contributed by atoms with Crippen LogP contribution in [0, 0.1) is 6.92 Å². The van der Waals surface area contributed by atoms with Gasteiger partial charge in [0.15, 0.2) is 6.17 Å². The van der Waals surface area contributed by atoms with E-state index >= 15 is 0 Å². The lowest BCUT2D eigenvalue weighted by Crippen LogP contribution is -2.65. The first-order valence-electron chi connectivity index (χ1n) is 13.3. The number of carbonyl (C=O) groups is 3. The average Bonchev–Trinajstić information content (AvgIpc) is 2.90. The summed E-state index contributed by atoms with van der Waals surface area (Å²) in [5.74, 6) is -0.203. The molecule has 0 aromatic heterocycles. The fourth-order valence-corrected chi connectivity index (χ4v) is 5.08. The summed E-state index contributed by atoms with van der Waals surface area (Å²) in [6.45, 7) is 6.96. The predicted molar refractivity (Wildman–Crippen MR) is 145 cm³/mol. The number of carbonyl (C=O) groups excluding carboxylic acids is 3. The van der Waals surface area contributed by atoms with Gasteiger partial charge in [-0.1, -0.05) is 43.7 Å². The maximum atomic E-state index is 13.7. The topological polar surface area (TPSA) is 108 Å². The lowest BCUT2D eigenvalue weighted by atomic mass is 9.91. The van der Waals surface area contributed by atoms with E-state index in [2.05, 4.69) is 24.5 Å². The molecule has 4 N–H and O–H groups in total. The average molecular weight is 506 g/mol. The van der Waals surface area contributed by atoms with Crippen LogP contribution < -0.4 is 16.4 Å². The van der Waals surface area contributed by atoms with Crippen molar-refractivity contribution in [3.8, 4) is 0 Å². The molecule has 0 spiro atoms. The first kappa shape index (κ1) is 26.7. The van der Waals surface area contributed by atoms with E-state index in [0.717, 1.165) is 31.2 Å². The van der Waals surface area contributed by atoms with Gasteiger partial charge >= 0.3 is 6.03 Å². The maximum Gasteiger partial charge on any atom is 0.323 e.